The quantitative estimate of drug-likeness (QED) is 0.755. The largest absolute Gasteiger partial charge is 0.367 e. The molecule has 1 saturated carbocycles. The normalized spacial score (nSPS) is 26.3. The van der Waals surface area contributed by atoms with Gasteiger partial charge in [-0.3, -0.25) is 0 Å². The minimum atomic E-state index is 0.372. The molecular weight excluding hydrogens is 212 g/mol. The van der Waals surface area contributed by atoms with Gasteiger partial charge in [-0.25, -0.2) is 9.97 Å². The summed E-state index contributed by atoms with van der Waals surface area (Å²) in [5, 5.41) is 3.82. The van der Waals surface area contributed by atoms with Gasteiger partial charge in [0.2, 0.25) is 0 Å². The summed E-state index contributed by atoms with van der Waals surface area (Å²) < 4.78 is 0. The Balaban J connectivity index is 1.92. The van der Waals surface area contributed by atoms with Crippen molar-refractivity contribution in [2.75, 3.05) is 5.32 Å². The van der Waals surface area contributed by atoms with Crippen molar-refractivity contribution in [1.82, 2.24) is 9.97 Å². The van der Waals surface area contributed by atoms with Crippen molar-refractivity contribution in [2.24, 2.45) is 5.73 Å². The summed E-state index contributed by atoms with van der Waals surface area (Å²) in [5.41, 5.74) is 5.84. The van der Waals surface area contributed by atoms with Crippen LogP contribution in [0.5, 0.6) is 0 Å². The molecule has 3 N–H and O–H groups in total. The smallest absolute Gasteiger partial charge is 0.134 e. The van der Waals surface area contributed by atoms with E-state index in [-0.39, 0.29) is 0 Å². The van der Waals surface area contributed by atoms with Crippen molar-refractivity contribution < 1.29 is 0 Å². The van der Waals surface area contributed by atoms with Crippen LogP contribution in [0, 0.1) is 0 Å². The zero-order valence-electron chi connectivity index (χ0n) is 8.49. The molecule has 0 amide bonds. The van der Waals surface area contributed by atoms with Gasteiger partial charge in [0, 0.05) is 18.2 Å². The molecule has 1 heterocycles. The number of hydrogen-bond acceptors (Lipinski definition) is 4. The van der Waals surface area contributed by atoms with Gasteiger partial charge in [-0.1, -0.05) is 11.6 Å². The van der Waals surface area contributed by atoms with Crippen LogP contribution in [0.4, 0.5) is 5.82 Å². The van der Waals surface area contributed by atoms with E-state index in [4.69, 9.17) is 17.3 Å². The summed E-state index contributed by atoms with van der Waals surface area (Å²) >= 11 is 5.77. The minimum absolute atomic E-state index is 0.372. The van der Waals surface area contributed by atoms with Crippen molar-refractivity contribution in [3.63, 3.8) is 0 Å². The van der Waals surface area contributed by atoms with Gasteiger partial charge < -0.3 is 11.1 Å². The molecule has 1 aliphatic carbocycles. The first kappa shape index (κ1) is 10.6. The molecular formula is C10H15ClN4. The number of hydrogen-bond donors (Lipinski definition) is 2. The number of nitrogens with two attached hydrogens (primary N) is 1. The third-order valence-corrected chi connectivity index (χ3v) is 2.96. The second kappa shape index (κ2) is 4.77. The second-order valence-corrected chi connectivity index (χ2v) is 4.37. The van der Waals surface area contributed by atoms with Crippen LogP contribution < -0.4 is 11.1 Å². The standard InChI is InChI=1S/C10H15ClN4/c11-9-5-10(14-6-13-9)15-8-3-1-7(12)2-4-8/h5-8H,1-4,12H2,(H,13,14,15). The third-order valence-electron chi connectivity index (χ3n) is 2.76. The van der Waals surface area contributed by atoms with Gasteiger partial charge in [0.15, 0.2) is 0 Å². The highest BCUT2D eigenvalue weighted by Crippen LogP contribution is 2.20. The molecule has 1 aliphatic rings. The summed E-state index contributed by atoms with van der Waals surface area (Å²) in [5.74, 6) is 0.801. The van der Waals surface area contributed by atoms with E-state index in [0.717, 1.165) is 31.5 Å². The van der Waals surface area contributed by atoms with Crippen LogP contribution in [0.15, 0.2) is 12.4 Å². The van der Waals surface area contributed by atoms with Gasteiger partial charge >= 0.3 is 0 Å². The van der Waals surface area contributed by atoms with E-state index < -0.39 is 0 Å². The molecule has 0 aromatic carbocycles. The molecule has 15 heavy (non-hydrogen) atoms. The predicted octanol–water partition coefficient (Wildman–Crippen LogP) is 1.81. The van der Waals surface area contributed by atoms with Crippen molar-refractivity contribution in [3.8, 4) is 0 Å². The van der Waals surface area contributed by atoms with Crippen LogP contribution in [0.3, 0.4) is 0 Å². The minimum Gasteiger partial charge on any atom is -0.367 e. The van der Waals surface area contributed by atoms with Crippen molar-refractivity contribution in [3.05, 3.63) is 17.5 Å². The lowest BCUT2D eigenvalue weighted by Crippen LogP contribution is -2.33. The zero-order chi connectivity index (χ0) is 10.7. The molecule has 0 unspecified atom stereocenters. The second-order valence-electron chi connectivity index (χ2n) is 3.98. The van der Waals surface area contributed by atoms with E-state index in [0.29, 0.717) is 17.2 Å². The molecule has 4 nitrogen and oxygen atoms in total. The Morgan fingerprint density at radius 2 is 2.00 bits per heavy atom. The first-order chi connectivity index (χ1) is 7.24. The summed E-state index contributed by atoms with van der Waals surface area (Å²) in [6.45, 7) is 0. The molecule has 0 atom stereocenters. The van der Waals surface area contributed by atoms with E-state index in [1.807, 2.05) is 0 Å². The van der Waals surface area contributed by atoms with E-state index in [2.05, 4.69) is 15.3 Å². The molecule has 1 aromatic heterocycles. The maximum atomic E-state index is 5.84. The molecule has 0 aliphatic heterocycles. The predicted molar refractivity (Wildman–Crippen MR) is 60.9 cm³/mol. The number of anilines is 1. The van der Waals surface area contributed by atoms with Crippen LogP contribution in [0.25, 0.3) is 0 Å². The fourth-order valence-electron chi connectivity index (χ4n) is 1.89. The maximum Gasteiger partial charge on any atom is 0.134 e. The molecule has 0 saturated heterocycles. The van der Waals surface area contributed by atoms with Crippen molar-refractivity contribution >= 4 is 17.4 Å². The SMILES string of the molecule is NC1CCC(Nc2cc(Cl)ncn2)CC1. The monoisotopic (exact) mass is 226 g/mol. The molecule has 2 rings (SSSR count). The molecule has 0 bridgehead atoms. The Hall–Kier alpha value is -0.870. The number of nitrogens with zero attached hydrogens (tertiary/aromatic N) is 2. The number of rotatable bonds is 2. The van der Waals surface area contributed by atoms with Gasteiger partial charge in [0.1, 0.15) is 17.3 Å². The highest BCUT2D eigenvalue weighted by Gasteiger charge is 2.18. The Kier molecular flexibility index (Phi) is 3.38. The van der Waals surface area contributed by atoms with Gasteiger partial charge in [-0.15, -0.1) is 0 Å². The first-order valence-corrected chi connectivity index (χ1v) is 5.61. The fraction of sp³-hybridized carbons (Fsp3) is 0.600. The molecule has 1 fully saturated rings. The Bertz CT molecular complexity index is 323. The molecule has 0 radical (unpaired) electrons. The summed E-state index contributed by atoms with van der Waals surface area (Å²) in [7, 11) is 0. The van der Waals surface area contributed by atoms with Gasteiger partial charge in [0.25, 0.3) is 0 Å². The number of nitrogens with one attached hydrogen (secondary N) is 1. The summed E-state index contributed by atoms with van der Waals surface area (Å²) in [6, 6.07) is 2.59. The van der Waals surface area contributed by atoms with Crippen molar-refractivity contribution in [2.45, 2.75) is 37.8 Å². The lowest BCUT2D eigenvalue weighted by molar-refractivity contribution is 0.410. The average Bonchev–Trinajstić information content (AvgIpc) is 2.22. The Morgan fingerprint density at radius 3 is 2.67 bits per heavy atom. The number of halogens is 1. The highest BCUT2D eigenvalue weighted by molar-refractivity contribution is 6.29. The van der Waals surface area contributed by atoms with Gasteiger partial charge in [-0.05, 0) is 25.7 Å². The van der Waals surface area contributed by atoms with E-state index in [9.17, 15) is 0 Å². The van der Waals surface area contributed by atoms with E-state index >= 15 is 0 Å². The van der Waals surface area contributed by atoms with Crippen LogP contribution in [0.2, 0.25) is 5.15 Å². The zero-order valence-corrected chi connectivity index (χ0v) is 9.24. The molecule has 0 spiro atoms. The average molecular weight is 227 g/mol. The van der Waals surface area contributed by atoms with Gasteiger partial charge in [-0.2, -0.15) is 0 Å². The van der Waals surface area contributed by atoms with Crippen LogP contribution in [0.1, 0.15) is 25.7 Å². The number of aromatic nitrogens is 2. The third kappa shape index (κ3) is 3.04. The van der Waals surface area contributed by atoms with Crippen LogP contribution in [-0.2, 0) is 0 Å². The Labute approximate surface area is 94.2 Å². The maximum absolute atomic E-state index is 5.84. The van der Waals surface area contributed by atoms with Crippen LogP contribution >= 0.6 is 11.6 Å². The lowest BCUT2D eigenvalue weighted by Gasteiger charge is -2.27. The van der Waals surface area contributed by atoms with Crippen molar-refractivity contribution in [1.29, 1.82) is 0 Å². The fourth-order valence-corrected chi connectivity index (χ4v) is 2.03. The topological polar surface area (TPSA) is 63.8 Å². The highest BCUT2D eigenvalue weighted by atomic mass is 35.5. The van der Waals surface area contributed by atoms with Gasteiger partial charge in [0.05, 0.1) is 0 Å². The molecule has 82 valence electrons. The van der Waals surface area contributed by atoms with E-state index in [1.165, 1.54) is 6.33 Å². The Morgan fingerprint density at radius 1 is 1.27 bits per heavy atom. The first-order valence-electron chi connectivity index (χ1n) is 5.23. The lowest BCUT2D eigenvalue weighted by atomic mass is 9.92. The van der Waals surface area contributed by atoms with E-state index in [1.54, 1.807) is 6.07 Å². The summed E-state index contributed by atoms with van der Waals surface area (Å²) in [4.78, 5) is 7.95. The van der Waals surface area contributed by atoms with Crippen LogP contribution in [-0.4, -0.2) is 22.1 Å². The molecule has 1 aromatic rings. The summed E-state index contributed by atoms with van der Waals surface area (Å²) in [6.07, 6.45) is 5.83. The molecule has 5 heteroatoms.